The number of esters is 1. The molecule has 128 valence electrons. The quantitative estimate of drug-likeness (QED) is 0.501. The molecule has 0 heterocycles. The Morgan fingerprint density at radius 1 is 1.30 bits per heavy atom. The normalized spacial score (nSPS) is 9.96. The zero-order chi connectivity index (χ0) is 18.0. The van der Waals surface area contributed by atoms with Gasteiger partial charge in [0.15, 0.2) is 5.60 Å². The number of ether oxygens (including phenoxy) is 2. The van der Waals surface area contributed by atoms with Gasteiger partial charge in [0.05, 0.1) is 11.9 Å². The molecular formula is C14H20ClN3O5. The van der Waals surface area contributed by atoms with Crippen LogP contribution in [0.4, 0.5) is 4.79 Å². The fourth-order valence-electron chi connectivity index (χ4n) is 1.18. The van der Waals surface area contributed by atoms with E-state index in [-0.39, 0.29) is 5.97 Å². The van der Waals surface area contributed by atoms with Crippen LogP contribution in [0.2, 0.25) is 5.02 Å². The minimum Gasteiger partial charge on any atom is -0.476 e. The lowest BCUT2D eigenvalue weighted by Gasteiger charge is -2.23. The molecule has 0 fully saturated rings. The molecule has 0 aromatic heterocycles. The maximum atomic E-state index is 11.6. The number of benzene rings is 1. The minimum absolute atomic E-state index is 0.340. The van der Waals surface area contributed by atoms with Crippen molar-refractivity contribution in [3.05, 3.63) is 34.2 Å². The van der Waals surface area contributed by atoms with Gasteiger partial charge in [-0.15, -0.1) is 4.91 Å². The number of carbonyl (C=O) groups excluding carboxylic acids is 2. The van der Waals surface area contributed by atoms with Crippen LogP contribution in [-0.2, 0) is 9.53 Å². The molecule has 0 aliphatic carbocycles. The van der Waals surface area contributed by atoms with Crippen LogP contribution < -0.4 is 10.5 Å². The van der Waals surface area contributed by atoms with Gasteiger partial charge >= 0.3 is 12.0 Å². The van der Waals surface area contributed by atoms with Crippen LogP contribution in [0.25, 0.3) is 0 Å². The lowest BCUT2D eigenvalue weighted by Crippen LogP contribution is -2.39. The summed E-state index contributed by atoms with van der Waals surface area (Å²) in [6, 6.07) is 5.98. The highest BCUT2D eigenvalue weighted by Crippen LogP contribution is 2.21. The highest BCUT2D eigenvalue weighted by atomic mass is 35.5. The number of nitrogens with zero attached hydrogens (tertiary/aromatic N) is 2. The number of nitroso groups, excluding NO2 is 1. The Labute approximate surface area is 139 Å². The predicted octanol–water partition coefficient (Wildman–Crippen LogP) is 2.74. The van der Waals surface area contributed by atoms with Gasteiger partial charge < -0.3 is 15.2 Å². The first-order valence-corrected chi connectivity index (χ1v) is 7.00. The highest BCUT2D eigenvalue weighted by Gasteiger charge is 2.31. The number of hydrogen-bond acceptors (Lipinski definition) is 6. The summed E-state index contributed by atoms with van der Waals surface area (Å²) in [5.74, 6) is 0.201. The fraction of sp³-hybridized carbons (Fsp3) is 0.429. The molecule has 2 N–H and O–H groups in total. The third-order valence-electron chi connectivity index (χ3n) is 2.40. The second-order valence-electron chi connectivity index (χ2n) is 4.73. The van der Waals surface area contributed by atoms with E-state index in [2.05, 4.69) is 11.0 Å². The first kappa shape index (κ1) is 20.6. The van der Waals surface area contributed by atoms with Crippen molar-refractivity contribution >= 4 is 23.6 Å². The van der Waals surface area contributed by atoms with Crippen LogP contribution in [0, 0.1) is 4.91 Å². The van der Waals surface area contributed by atoms with E-state index in [1.165, 1.54) is 7.05 Å². The van der Waals surface area contributed by atoms with Crippen molar-refractivity contribution in [3.8, 4) is 5.75 Å². The van der Waals surface area contributed by atoms with Crippen molar-refractivity contribution in [2.75, 3.05) is 13.7 Å². The van der Waals surface area contributed by atoms with E-state index in [4.69, 9.17) is 21.1 Å². The minimum atomic E-state index is -0.996. The Bertz CT molecular complexity index is 534. The van der Waals surface area contributed by atoms with E-state index in [1.807, 2.05) is 0 Å². The predicted molar refractivity (Wildman–Crippen MR) is 85.9 cm³/mol. The molecule has 8 nitrogen and oxygen atoms in total. The maximum absolute atomic E-state index is 11.6. The standard InChI is InChI=1S/C12H15ClO3.C2H5N3O2/c1-4-15-11(14)12(2,3)16-10-7-5-9(13)6-8-10;1-5(4-7)2(3)6/h5-8H,4H2,1-3H3;1H3,(H2,3,6). The first-order chi connectivity index (χ1) is 10.6. The molecule has 0 unspecified atom stereocenters. The Balaban J connectivity index is 0.000000585. The molecular weight excluding hydrogens is 326 g/mol. The molecule has 0 atom stereocenters. The molecule has 0 spiro atoms. The van der Waals surface area contributed by atoms with Crippen molar-refractivity contribution in [1.82, 2.24) is 5.01 Å². The van der Waals surface area contributed by atoms with Crippen LogP contribution >= 0.6 is 11.6 Å². The molecule has 1 aromatic rings. The molecule has 1 aromatic carbocycles. The second-order valence-corrected chi connectivity index (χ2v) is 5.17. The number of hydrogen-bond donors (Lipinski definition) is 1. The molecule has 9 heteroatoms. The molecule has 0 radical (unpaired) electrons. The summed E-state index contributed by atoms with van der Waals surface area (Å²) in [4.78, 5) is 30.7. The Kier molecular flexibility index (Phi) is 8.64. The Morgan fingerprint density at radius 3 is 2.17 bits per heavy atom. The topological polar surface area (TPSA) is 111 Å². The van der Waals surface area contributed by atoms with E-state index >= 15 is 0 Å². The SMILES string of the molecule is CCOC(=O)C(C)(C)Oc1ccc(Cl)cc1.CN(N=O)C(N)=O. The summed E-state index contributed by atoms with van der Waals surface area (Å²) in [5.41, 5.74) is 3.54. The largest absolute Gasteiger partial charge is 0.476 e. The molecule has 2 amide bonds. The highest BCUT2D eigenvalue weighted by molar-refractivity contribution is 6.30. The summed E-state index contributed by atoms with van der Waals surface area (Å²) < 4.78 is 10.5. The average molecular weight is 346 g/mol. The zero-order valence-corrected chi connectivity index (χ0v) is 14.2. The second kappa shape index (κ2) is 9.62. The molecule has 0 bridgehead atoms. The van der Waals surface area contributed by atoms with Gasteiger partial charge in [-0.05, 0) is 45.0 Å². The van der Waals surface area contributed by atoms with Gasteiger partial charge in [0.2, 0.25) is 0 Å². The number of primary amides is 1. The van der Waals surface area contributed by atoms with Crippen LogP contribution in [-0.4, -0.2) is 36.3 Å². The van der Waals surface area contributed by atoms with Gasteiger partial charge in [-0.1, -0.05) is 11.6 Å². The zero-order valence-electron chi connectivity index (χ0n) is 13.4. The Hall–Kier alpha value is -2.35. The Morgan fingerprint density at radius 2 is 1.83 bits per heavy atom. The monoisotopic (exact) mass is 345 g/mol. The van der Waals surface area contributed by atoms with Gasteiger partial charge in [0.25, 0.3) is 0 Å². The molecule has 0 aliphatic rings. The van der Waals surface area contributed by atoms with Crippen LogP contribution in [0.5, 0.6) is 5.75 Å². The fourth-order valence-corrected chi connectivity index (χ4v) is 1.31. The van der Waals surface area contributed by atoms with Crippen LogP contribution in [0.1, 0.15) is 20.8 Å². The van der Waals surface area contributed by atoms with E-state index in [0.717, 1.165) is 0 Å². The van der Waals surface area contributed by atoms with Crippen LogP contribution in [0.15, 0.2) is 29.6 Å². The van der Waals surface area contributed by atoms with Gasteiger partial charge in [-0.3, -0.25) is 0 Å². The molecule has 1 rings (SSSR count). The molecule has 0 saturated heterocycles. The lowest BCUT2D eigenvalue weighted by atomic mass is 10.1. The van der Waals surface area contributed by atoms with E-state index in [1.54, 1.807) is 45.0 Å². The van der Waals surface area contributed by atoms with Gasteiger partial charge in [-0.2, -0.15) is 5.01 Å². The van der Waals surface area contributed by atoms with E-state index in [9.17, 15) is 14.5 Å². The van der Waals surface area contributed by atoms with Crippen molar-refractivity contribution in [2.24, 2.45) is 11.0 Å². The summed E-state index contributed by atoms with van der Waals surface area (Å²) in [6.07, 6.45) is 0. The van der Waals surface area contributed by atoms with Gasteiger partial charge in [-0.25, -0.2) is 9.59 Å². The molecule has 23 heavy (non-hydrogen) atoms. The number of rotatable bonds is 5. The van der Waals surface area contributed by atoms with E-state index in [0.29, 0.717) is 22.4 Å². The maximum Gasteiger partial charge on any atom is 0.349 e. The summed E-state index contributed by atoms with van der Waals surface area (Å²) in [6.45, 7) is 5.43. The van der Waals surface area contributed by atoms with E-state index < -0.39 is 11.6 Å². The summed E-state index contributed by atoms with van der Waals surface area (Å²) in [7, 11) is 1.18. The third-order valence-corrected chi connectivity index (χ3v) is 2.65. The van der Waals surface area contributed by atoms with Crippen molar-refractivity contribution in [3.63, 3.8) is 0 Å². The van der Waals surface area contributed by atoms with Crippen molar-refractivity contribution in [1.29, 1.82) is 0 Å². The molecule has 0 saturated carbocycles. The smallest absolute Gasteiger partial charge is 0.349 e. The summed E-state index contributed by atoms with van der Waals surface area (Å²) in [5, 5.41) is 3.32. The first-order valence-electron chi connectivity index (χ1n) is 6.62. The van der Waals surface area contributed by atoms with Crippen molar-refractivity contribution in [2.45, 2.75) is 26.4 Å². The van der Waals surface area contributed by atoms with Crippen molar-refractivity contribution < 1.29 is 19.1 Å². The number of amides is 2. The summed E-state index contributed by atoms with van der Waals surface area (Å²) >= 11 is 5.75. The lowest BCUT2D eigenvalue weighted by molar-refractivity contribution is -0.158. The molecule has 0 aliphatic heterocycles. The number of urea groups is 1. The number of carbonyl (C=O) groups is 2. The number of halogens is 1. The average Bonchev–Trinajstić information content (AvgIpc) is 2.49. The van der Waals surface area contributed by atoms with Gasteiger partial charge in [0, 0.05) is 12.1 Å². The number of nitrogens with two attached hydrogens (primary N) is 1. The van der Waals surface area contributed by atoms with Gasteiger partial charge in [0.1, 0.15) is 5.75 Å². The van der Waals surface area contributed by atoms with Crippen LogP contribution in [0.3, 0.4) is 0 Å². The third kappa shape index (κ3) is 8.01.